The Morgan fingerprint density at radius 2 is 1.96 bits per heavy atom. The number of hydrogen-bond donors (Lipinski definition) is 1. The van der Waals surface area contributed by atoms with E-state index in [1.807, 2.05) is 32.0 Å². The van der Waals surface area contributed by atoms with Crippen LogP contribution in [-0.2, 0) is 11.2 Å². The van der Waals surface area contributed by atoms with Crippen molar-refractivity contribution in [3.8, 4) is 11.5 Å². The zero-order chi connectivity index (χ0) is 19.6. The second-order valence-electron chi connectivity index (χ2n) is 7.29. The standard InChI is InChI=1S/C21H23Cl2NO3/c1-21(2)12-18(15-8-7-13(26-3)11-19(15)27-21)24-20(25)10-9-14-16(22)5-4-6-17(14)23/h4-8,11,18H,9-10,12H2,1-3H3,(H,24,25)/t18-/m1/s1. The average Bonchev–Trinajstić information content (AvgIpc) is 2.59. The molecule has 0 aromatic heterocycles. The first-order valence-electron chi connectivity index (χ1n) is 8.88. The van der Waals surface area contributed by atoms with Crippen LogP contribution in [0, 0.1) is 0 Å². The number of fused-ring (bicyclic) bond motifs is 1. The molecule has 144 valence electrons. The van der Waals surface area contributed by atoms with Gasteiger partial charge in [-0.15, -0.1) is 0 Å². The minimum absolute atomic E-state index is 0.0459. The van der Waals surface area contributed by atoms with Crippen LogP contribution >= 0.6 is 23.2 Å². The molecule has 6 heteroatoms. The highest BCUT2D eigenvalue weighted by atomic mass is 35.5. The average molecular weight is 408 g/mol. The van der Waals surface area contributed by atoms with Crippen molar-refractivity contribution in [2.24, 2.45) is 0 Å². The lowest BCUT2D eigenvalue weighted by molar-refractivity contribution is -0.122. The second kappa shape index (κ2) is 7.99. The molecule has 4 nitrogen and oxygen atoms in total. The van der Waals surface area contributed by atoms with Crippen molar-refractivity contribution in [2.75, 3.05) is 7.11 Å². The molecule has 1 N–H and O–H groups in total. The molecule has 0 saturated carbocycles. The van der Waals surface area contributed by atoms with Gasteiger partial charge in [-0.3, -0.25) is 4.79 Å². The lowest BCUT2D eigenvalue weighted by Crippen LogP contribution is -2.41. The molecule has 0 unspecified atom stereocenters. The summed E-state index contributed by atoms with van der Waals surface area (Å²) in [5, 5.41) is 4.30. The van der Waals surface area contributed by atoms with Crippen molar-refractivity contribution in [3.05, 3.63) is 57.6 Å². The first kappa shape index (κ1) is 19.8. The van der Waals surface area contributed by atoms with Gasteiger partial charge in [0.25, 0.3) is 0 Å². The highest BCUT2D eigenvalue weighted by Gasteiger charge is 2.34. The van der Waals surface area contributed by atoms with Crippen molar-refractivity contribution >= 4 is 29.1 Å². The molecule has 0 bridgehead atoms. The van der Waals surface area contributed by atoms with Gasteiger partial charge in [-0.1, -0.05) is 29.3 Å². The molecule has 0 fully saturated rings. The SMILES string of the molecule is COc1ccc2c(c1)OC(C)(C)C[C@H]2NC(=O)CCc1c(Cl)cccc1Cl. The Kier molecular flexibility index (Phi) is 5.87. The highest BCUT2D eigenvalue weighted by Crippen LogP contribution is 2.41. The number of methoxy groups -OCH3 is 1. The number of benzene rings is 2. The van der Waals surface area contributed by atoms with Gasteiger partial charge in [-0.2, -0.15) is 0 Å². The van der Waals surface area contributed by atoms with Gasteiger partial charge in [-0.25, -0.2) is 0 Å². The van der Waals surface area contributed by atoms with E-state index in [9.17, 15) is 4.79 Å². The fourth-order valence-corrected chi connectivity index (χ4v) is 3.95. The van der Waals surface area contributed by atoms with Crippen LogP contribution in [0.3, 0.4) is 0 Å². The smallest absolute Gasteiger partial charge is 0.220 e. The summed E-state index contributed by atoms with van der Waals surface area (Å²) in [6.45, 7) is 4.02. The molecular weight excluding hydrogens is 385 g/mol. The Morgan fingerprint density at radius 3 is 2.63 bits per heavy atom. The summed E-state index contributed by atoms with van der Waals surface area (Å²) in [6.07, 6.45) is 1.49. The van der Waals surface area contributed by atoms with Crippen molar-refractivity contribution in [3.63, 3.8) is 0 Å². The Morgan fingerprint density at radius 1 is 1.26 bits per heavy atom. The third-order valence-corrected chi connectivity index (χ3v) is 5.39. The lowest BCUT2D eigenvalue weighted by Gasteiger charge is -2.38. The largest absolute Gasteiger partial charge is 0.497 e. The Labute approximate surface area is 169 Å². The van der Waals surface area contributed by atoms with E-state index < -0.39 is 0 Å². The first-order chi connectivity index (χ1) is 12.8. The molecule has 1 amide bonds. The minimum atomic E-state index is -0.386. The quantitative estimate of drug-likeness (QED) is 0.725. The molecule has 0 aliphatic carbocycles. The van der Waals surface area contributed by atoms with Crippen LogP contribution in [0.2, 0.25) is 10.0 Å². The monoisotopic (exact) mass is 407 g/mol. The maximum atomic E-state index is 12.6. The molecule has 1 aliphatic rings. The third-order valence-electron chi connectivity index (χ3n) is 4.68. The molecular formula is C21H23Cl2NO3. The topological polar surface area (TPSA) is 47.6 Å². The predicted octanol–water partition coefficient (Wildman–Crippen LogP) is 5.35. The van der Waals surface area contributed by atoms with Gasteiger partial charge >= 0.3 is 0 Å². The molecule has 27 heavy (non-hydrogen) atoms. The minimum Gasteiger partial charge on any atom is -0.497 e. The van der Waals surface area contributed by atoms with E-state index in [1.165, 1.54) is 0 Å². The lowest BCUT2D eigenvalue weighted by atomic mass is 9.89. The zero-order valence-electron chi connectivity index (χ0n) is 15.6. The molecule has 0 spiro atoms. The fraction of sp³-hybridized carbons (Fsp3) is 0.381. The van der Waals surface area contributed by atoms with E-state index in [0.29, 0.717) is 29.3 Å². The van der Waals surface area contributed by atoms with Crippen molar-refractivity contribution in [1.82, 2.24) is 5.32 Å². The van der Waals surface area contributed by atoms with Crippen LogP contribution in [0.1, 0.15) is 43.9 Å². The van der Waals surface area contributed by atoms with Gasteiger partial charge in [0, 0.05) is 34.5 Å². The molecule has 1 heterocycles. The van der Waals surface area contributed by atoms with E-state index in [4.69, 9.17) is 32.7 Å². The highest BCUT2D eigenvalue weighted by molar-refractivity contribution is 6.36. The van der Waals surface area contributed by atoms with Crippen LogP contribution in [-0.4, -0.2) is 18.6 Å². The normalized spacial score (nSPS) is 17.6. The Hall–Kier alpha value is -1.91. The van der Waals surface area contributed by atoms with Gasteiger partial charge in [-0.05, 0) is 50.1 Å². The first-order valence-corrected chi connectivity index (χ1v) is 9.64. The maximum Gasteiger partial charge on any atom is 0.220 e. The van der Waals surface area contributed by atoms with Gasteiger partial charge in [0.1, 0.15) is 17.1 Å². The summed E-state index contributed by atoms with van der Waals surface area (Å²) in [6, 6.07) is 10.9. The number of ether oxygens (including phenoxy) is 2. The van der Waals surface area contributed by atoms with Crippen LogP contribution in [0.25, 0.3) is 0 Å². The van der Waals surface area contributed by atoms with Crippen LogP contribution in [0.4, 0.5) is 0 Å². The van der Waals surface area contributed by atoms with Crippen molar-refractivity contribution in [2.45, 2.75) is 44.8 Å². The van der Waals surface area contributed by atoms with Crippen molar-refractivity contribution in [1.29, 1.82) is 0 Å². The van der Waals surface area contributed by atoms with Crippen LogP contribution in [0.5, 0.6) is 11.5 Å². The number of carbonyl (C=O) groups is 1. The number of carbonyl (C=O) groups excluding carboxylic acids is 1. The second-order valence-corrected chi connectivity index (χ2v) is 8.10. The van der Waals surface area contributed by atoms with Gasteiger partial charge < -0.3 is 14.8 Å². The van der Waals surface area contributed by atoms with Crippen molar-refractivity contribution < 1.29 is 14.3 Å². The van der Waals surface area contributed by atoms with E-state index >= 15 is 0 Å². The summed E-state index contributed by atoms with van der Waals surface area (Å²) in [7, 11) is 1.62. The van der Waals surface area contributed by atoms with E-state index in [2.05, 4.69) is 5.32 Å². The Balaban J connectivity index is 1.72. The molecule has 1 aliphatic heterocycles. The molecule has 2 aromatic carbocycles. The van der Waals surface area contributed by atoms with E-state index in [-0.39, 0.29) is 17.6 Å². The molecule has 0 radical (unpaired) electrons. The number of nitrogens with one attached hydrogen (secondary N) is 1. The molecule has 1 atom stereocenters. The van der Waals surface area contributed by atoms with Crippen LogP contribution < -0.4 is 14.8 Å². The molecule has 2 aromatic rings. The van der Waals surface area contributed by atoms with Gasteiger partial charge in [0.2, 0.25) is 5.91 Å². The predicted molar refractivity (Wildman–Crippen MR) is 108 cm³/mol. The summed E-state index contributed by atoms with van der Waals surface area (Å²) in [5.41, 5.74) is 1.37. The maximum absolute atomic E-state index is 12.6. The number of rotatable bonds is 5. The molecule has 0 saturated heterocycles. The molecule has 3 rings (SSSR count). The van der Waals surface area contributed by atoms with E-state index in [1.54, 1.807) is 25.3 Å². The summed E-state index contributed by atoms with van der Waals surface area (Å²) in [5.74, 6) is 1.42. The summed E-state index contributed by atoms with van der Waals surface area (Å²) in [4.78, 5) is 12.6. The van der Waals surface area contributed by atoms with Gasteiger partial charge in [0.05, 0.1) is 13.2 Å². The number of amides is 1. The van der Waals surface area contributed by atoms with Crippen LogP contribution in [0.15, 0.2) is 36.4 Å². The van der Waals surface area contributed by atoms with E-state index in [0.717, 1.165) is 22.6 Å². The fourth-order valence-electron chi connectivity index (χ4n) is 3.36. The Bertz CT molecular complexity index is 831. The number of hydrogen-bond acceptors (Lipinski definition) is 3. The summed E-state index contributed by atoms with van der Waals surface area (Å²) >= 11 is 12.4. The third kappa shape index (κ3) is 4.69. The zero-order valence-corrected chi connectivity index (χ0v) is 17.2. The van der Waals surface area contributed by atoms with Gasteiger partial charge in [0.15, 0.2) is 0 Å². The number of halogens is 2. The summed E-state index contributed by atoms with van der Waals surface area (Å²) < 4.78 is 11.4.